The van der Waals surface area contributed by atoms with Gasteiger partial charge in [-0.1, -0.05) is 23.5 Å². The number of rotatable bonds is 5. The summed E-state index contributed by atoms with van der Waals surface area (Å²) in [5, 5.41) is 5.02. The third-order valence-corrected chi connectivity index (χ3v) is 4.28. The summed E-state index contributed by atoms with van der Waals surface area (Å²) in [4.78, 5) is 4.47. The highest BCUT2D eigenvalue weighted by molar-refractivity contribution is 7.22. The van der Waals surface area contributed by atoms with E-state index in [1.54, 1.807) is 31.8 Å². The Labute approximate surface area is 133 Å². The van der Waals surface area contributed by atoms with Crippen molar-refractivity contribution in [2.24, 2.45) is 5.10 Å². The van der Waals surface area contributed by atoms with Gasteiger partial charge in [-0.05, 0) is 29.9 Å². The highest BCUT2D eigenvalue weighted by atomic mass is 32.1. The fourth-order valence-electron chi connectivity index (χ4n) is 2.22. The van der Waals surface area contributed by atoms with Crippen LogP contribution in [-0.2, 0) is 9.47 Å². The lowest BCUT2D eigenvalue weighted by Crippen LogP contribution is -2.14. The van der Waals surface area contributed by atoms with Crippen molar-refractivity contribution < 1.29 is 9.47 Å². The maximum absolute atomic E-state index is 5.37. The van der Waals surface area contributed by atoms with Crippen molar-refractivity contribution in [3.05, 3.63) is 47.7 Å². The SMILES string of the molecule is COC1=CC(C=NNc2nc3ccccc3s2)=CC(OC)C1. The lowest BCUT2D eigenvalue weighted by Gasteiger charge is -2.18. The summed E-state index contributed by atoms with van der Waals surface area (Å²) in [6.07, 6.45) is 6.49. The van der Waals surface area contributed by atoms with Crippen LogP contribution in [0.2, 0.25) is 0 Å². The first-order valence-corrected chi connectivity index (χ1v) is 7.74. The van der Waals surface area contributed by atoms with E-state index in [9.17, 15) is 0 Å². The fourth-order valence-corrected chi connectivity index (χ4v) is 3.04. The summed E-state index contributed by atoms with van der Waals surface area (Å²) < 4.78 is 11.8. The van der Waals surface area contributed by atoms with Gasteiger partial charge >= 0.3 is 0 Å². The van der Waals surface area contributed by atoms with E-state index in [-0.39, 0.29) is 6.10 Å². The molecule has 0 amide bonds. The Morgan fingerprint density at radius 1 is 1.36 bits per heavy atom. The van der Waals surface area contributed by atoms with Crippen molar-refractivity contribution in [2.75, 3.05) is 19.6 Å². The van der Waals surface area contributed by atoms with Crippen LogP contribution >= 0.6 is 11.3 Å². The summed E-state index contributed by atoms with van der Waals surface area (Å²) in [5.74, 6) is 0.885. The molecule has 0 bridgehead atoms. The number of para-hydroxylation sites is 1. The molecule has 1 aromatic heterocycles. The average molecular weight is 315 g/mol. The van der Waals surface area contributed by atoms with Gasteiger partial charge in [0.05, 0.1) is 35.4 Å². The number of methoxy groups -OCH3 is 2. The molecule has 0 aliphatic heterocycles. The largest absolute Gasteiger partial charge is 0.501 e. The first-order chi connectivity index (χ1) is 10.8. The molecule has 0 spiro atoms. The molecule has 0 saturated heterocycles. The first-order valence-electron chi connectivity index (χ1n) is 6.92. The monoisotopic (exact) mass is 315 g/mol. The molecule has 22 heavy (non-hydrogen) atoms. The van der Waals surface area contributed by atoms with E-state index in [1.807, 2.05) is 36.4 Å². The molecular formula is C16H17N3O2S. The lowest BCUT2D eigenvalue weighted by atomic mass is 10.0. The van der Waals surface area contributed by atoms with E-state index >= 15 is 0 Å². The van der Waals surface area contributed by atoms with Gasteiger partial charge in [0.15, 0.2) is 0 Å². The van der Waals surface area contributed by atoms with E-state index in [4.69, 9.17) is 9.47 Å². The van der Waals surface area contributed by atoms with E-state index in [1.165, 1.54) is 0 Å². The minimum absolute atomic E-state index is 0.0175. The van der Waals surface area contributed by atoms with Gasteiger partial charge in [0.1, 0.15) is 0 Å². The molecule has 0 fully saturated rings. The molecule has 6 heteroatoms. The summed E-state index contributed by atoms with van der Waals surface area (Å²) in [6, 6.07) is 8.01. The Hall–Kier alpha value is -2.18. The summed E-state index contributed by atoms with van der Waals surface area (Å²) in [6.45, 7) is 0. The molecule has 3 rings (SSSR count). The van der Waals surface area contributed by atoms with Gasteiger partial charge in [-0.25, -0.2) is 4.98 Å². The summed E-state index contributed by atoms with van der Waals surface area (Å²) in [7, 11) is 3.35. The third-order valence-electron chi connectivity index (χ3n) is 3.34. The predicted molar refractivity (Wildman–Crippen MR) is 90.3 cm³/mol. The second kappa shape index (κ2) is 6.72. The molecule has 114 valence electrons. The van der Waals surface area contributed by atoms with E-state index in [2.05, 4.69) is 15.5 Å². The van der Waals surface area contributed by atoms with Gasteiger partial charge in [-0.15, -0.1) is 0 Å². The summed E-state index contributed by atoms with van der Waals surface area (Å²) in [5.41, 5.74) is 4.90. The number of anilines is 1. The van der Waals surface area contributed by atoms with Gasteiger partial charge in [0.2, 0.25) is 5.13 Å². The van der Waals surface area contributed by atoms with E-state index < -0.39 is 0 Å². The Kier molecular flexibility index (Phi) is 4.50. The number of benzene rings is 1. The molecule has 1 aliphatic carbocycles. The number of thiazole rings is 1. The molecule has 5 nitrogen and oxygen atoms in total. The Morgan fingerprint density at radius 3 is 3.00 bits per heavy atom. The molecule has 0 radical (unpaired) electrons. The smallest absolute Gasteiger partial charge is 0.204 e. The maximum atomic E-state index is 5.37. The topological polar surface area (TPSA) is 55.7 Å². The van der Waals surface area contributed by atoms with Crippen molar-refractivity contribution in [2.45, 2.75) is 12.5 Å². The van der Waals surface area contributed by atoms with Crippen molar-refractivity contribution in [1.29, 1.82) is 0 Å². The second-order valence-corrected chi connectivity index (χ2v) is 5.85. The molecule has 2 aromatic rings. The van der Waals surface area contributed by atoms with Gasteiger partial charge in [0.25, 0.3) is 0 Å². The van der Waals surface area contributed by atoms with Crippen LogP contribution in [0.3, 0.4) is 0 Å². The number of nitrogens with zero attached hydrogens (tertiary/aromatic N) is 2. The molecule has 1 aliphatic rings. The number of hydrogen-bond donors (Lipinski definition) is 1. The van der Waals surface area contributed by atoms with Crippen LogP contribution in [0.15, 0.2) is 52.9 Å². The van der Waals surface area contributed by atoms with Crippen LogP contribution in [-0.4, -0.2) is 31.5 Å². The zero-order valence-corrected chi connectivity index (χ0v) is 13.3. The van der Waals surface area contributed by atoms with Crippen molar-refractivity contribution in [1.82, 2.24) is 4.98 Å². The van der Waals surface area contributed by atoms with Crippen molar-refractivity contribution >= 4 is 32.9 Å². The molecular weight excluding hydrogens is 298 g/mol. The summed E-state index contributed by atoms with van der Waals surface area (Å²) >= 11 is 1.57. The zero-order valence-electron chi connectivity index (χ0n) is 12.4. The first kappa shape index (κ1) is 14.7. The number of hydrogen-bond acceptors (Lipinski definition) is 6. The van der Waals surface area contributed by atoms with Gasteiger partial charge < -0.3 is 9.47 Å². The van der Waals surface area contributed by atoms with Crippen LogP contribution < -0.4 is 5.43 Å². The van der Waals surface area contributed by atoms with E-state index in [0.717, 1.165) is 33.1 Å². The zero-order chi connectivity index (χ0) is 15.4. The van der Waals surface area contributed by atoms with Crippen molar-refractivity contribution in [3.63, 3.8) is 0 Å². The highest BCUT2D eigenvalue weighted by Crippen LogP contribution is 2.25. The number of allylic oxidation sites excluding steroid dienone is 2. The molecule has 1 N–H and O–H groups in total. The average Bonchev–Trinajstić information content (AvgIpc) is 2.97. The minimum Gasteiger partial charge on any atom is -0.501 e. The Bertz CT molecular complexity index is 716. The molecule has 0 saturated carbocycles. The maximum Gasteiger partial charge on any atom is 0.204 e. The Balaban J connectivity index is 1.70. The lowest BCUT2D eigenvalue weighted by molar-refractivity contribution is 0.121. The van der Waals surface area contributed by atoms with Crippen LogP contribution in [0.5, 0.6) is 0 Å². The number of aromatic nitrogens is 1. The number of hydrazone groups is 1. The van der Waals surface area contributed by atoms with Crippen LogP contribution in [0, 0.1) is 0 Å². The molecule has 1 unspecified atom stereocenters. The van der Waals surface area contributed by atoms with Gasteiger partial charge in [-0.2, -0.15) is 5.10 Å². The van der Waals surface area contributed by atoms with Crippen LogP contribution in [0.25, 0.3) is 10.2 Å². The fraction of sp³-hybridized carbons (Fsp3) is 0.250. The normalized spacial score (nSPS) is 18.4. The highest BCUT2D eigenvalue weighted by Gasteiger charge is 2.14. The molecule has 1 heterocycles. The minimum atomic E-state index is 0.0175. The van der Waals surface area contributed by atoms with E-state index in [0.29, 0.717) is 0 Å². The quantitative estimate of drug-likeness (QED) is 0.677. The third kappa shape index (κ3) is 3.35. The standard InChI is InChI=1S/C16H17N3O2S/c1-20-12-7-11(8-13(9-12)21-2)10-17-19-16-18-14-5-3-4-6-15(14)22-16/h3-8,10,12H,9H2,1-2H3,(H,18,19). The second-order valence-electron chi connectivity index (χ2n) is 4.82. The van der Waals surface area contributed by atoms with Gasteiger partial charge in [-0.3, -0.25) is 5.43 Å². The molecule has 1 aromatic carbocycles. The van der Waals surface area contributed by atoms with Crippen molar-refractivity contribution in [3.8, 4) is 0 Å². The number of nitrogens with one attached hydrogen (secondary N) is 1. The number of fused-ring (bicyclic) bond motifs is 1. The Morgan fingerprint density at radius 2 is 2.23 bits per heavy atom. The van der Waals surface area contributed by atoms with Crippen LogP contribution in [0.1, 0.15) is 6.42 Å². The molecule has 1 atom stereocenters. The van der Waals surface area contributed by atoms with Crippen LogP contribution in [0.4, 0.5) is 5.13 Å². The predicted octanol–water partition coefficient (Wildman–Crippen LogP) is 3.57. The van der Waals surface area contributed by atoms with Gasteiger partial charge in [0, 0.05) is 13.5 Å². The number of ether oxygens (including phenoxy) is 2.